The van der Waals surface area contributed by atoms with E-state index in [1.54, 1.807) is 6.20 Å². The maximum absolute atomic E-state index is 12.6. The van der Waals surface area contributed by atoms with E-state index < -0.39 is 0 Å². The highest BCUT2D eigenvalue weighted by Gasteiger charge is 2.11. The summed E-state index contributed by atoms with van der Waals surface area (Å²) in [6, 6.07) is 13.3. The highest BCUT2D eigenvalue weighted by molar-refractivity contribution is 5.96. The predicted molar refractivity (Wildman–Crippen MR) is 108 cm³/mol. The van der Waals surface area contributed by atoms with Gasteiger partial charge < -0.3 is 19.5 Å². The van der Waals surface area contributed by atoms with Gasteiger partial charge in [0.15, 0.2) is 0 Å². The van der Waals surface area contributed by atoms with E-state index in [1.165, 1.54) is 6.26 Å². The van der Waals surface area contributed by atoms with Gasteiger partial charge in [-0.2, -0.15) is 0 Å². The Kier molecular flexibility index (Phi) is 5.10. The lowest BCUT2D eigenvalue weighted by Gasteiger charge is -2.07. The van der Waals surface area contributed by atoms with Crippen LogP contribution in [0.25, 0.3) is 22.4 Å². The van der Waals surface area contributed by atoms with E-state index in [4.69, 9.17) is 9.15 Å². The van der Waals surface area contributed by atoms with E-state index in [-0.39, 0.29) is 12.3 Å². The number of carbonyl (C=O) groups excluding carboxylic acids is 1. The average molecular weight is 375 g/mol. The van der Waals surface area contributed by atoms with Crippen molar-refractivity contribution >= 4 is 22.5 Å². The number of H-pyrrole nitrogens is 1. The van der Waals surface area contributed by atoms with Crippen LogP contribution in [-0.2, 0) is 11.2 Å². The van der Waals surface area contributed by atoms with Gasteiger partial charge in [0.1, 0.15) is 12.0 Å². The Morgan fingerprint density at radius 2 is 2.18 bits per heavy atom. The molecule has 6 heteroatoms. The summed E-state index contributed by atoms with van der Waals surface area (Å²) in [7, 11) is 0. The molecule has 0 aliphatic heterocycles. The summed E-state index contributed by atoms with van der Waals surface area (Å²) in [6.45, 7) is 2.74. The maximum atomic E-state index is 12.6. The number of oxazole rings is 1. The highest BCUT2D eigenvalue weighted by Crippen LogP contribution is 2.25. The van der Waals surface area contributed by atoms with Crippen LogP contribution in [0.4, 0.5) is 5.69 Å². The minimum absolute atomic E-state index is 0.0923. The minimum Gasteiger partial charge on any atom is -0.494 e. The van der Waals surface area contributed by atoms with Gasteiger partial charge in [-0.1, -0.05) is 13.0 Å². The van der Waals surface area contributed by atoms with Crippen molar-refractivity contribution in [1.29, 1.82) is 0 Å². The standard InChI is InChI=1S/C22H21N3O3/c1-2-9-27-18-6-7-20-19(13-18)16(14-24-20)12-21(26)25-17-5-3-4-15(11-17)22-23-8-10-28-22/h3-8,10-11,13-14,24H,2,9,12H2,1H3,(H,25,26). The van der Waals surface area contributed by atoms with Crippen molar-refractivity contribution in [2.24, 2.45) is 0 Å². The fraction of sp³-hybridized carbons (Fsp3) is 0.182. The lowest BCUT2D eigenvalue weighted by molar-refractivity contribution is -0.115. The van der Waals surface area contributed by atoms with E-state index in [2.05, 4.69) is 22.2 Å². The molecule has 2 aromatic carbocycles. The quantitative estimate of drug-likeness (QED) is 0.486. The van der Waals surface area contributed by atoms with Crippen molar-refractivity contribution in [2.75, 3.05) is 11.9 Å². The number of rotatable bonds is 7. The van der Waals surface area contributed by atoms with Crippen LogP contribution in [-0.4, -0.2) is 22.5 Å². The van der Waals surface area contributed by atoms with Crippen molar-refractivity contribution in [3.8, 4) is 17.2 Å². The van der Waals surface area contributed by atoms with Gasteiger partial charge in [-0.05, 0) is 48.4 Å². The van der Waals surface area contributed by atoms with E-state index in [1.807, 2.05) is 48.7 Å². The molecule has 0 saturated carbocycles. The van der Waals surface area contributed by atoms with Gasteiger partial charge in [0.2, 0.25) is 11.8 Å². The van der Waals surface area contributed by atoms with Crippen molar-refractivity contribution in [2.45, 2.75) is 19.8 Å². The zero-order valence-electron chi connectivity index (χ0n) is 15.6. The summed E-state index contributed by atoms with van der Waals surface area (Å²) in [5, 5.41) is 3.94. The van der Waals surface area contributed by atoms with Gasteiger partial charge >= 0.3 is 0 Å². The molecule has 0 bridgehead atoms. The molecule has 0 fully saturated rings. The first-order valence-electron chi connectivity index (χ1n) is 9.25. The lowest BCUT2D eigenvalue weighted by Crippen LogP contribution is -2.14. The second-order valence-corrected chi connectivity index (χ2v) is 6.51. The lowest BCUT2D eigenvalue weighted by atomic mass is 10.1. The molecule has 28 heavy (non-hydrogen) atoms. The van der Waals surface area contributed by atoms with Crippen molar-refractivity contribution in [1.82, 2.24) is 9.97 Å². The number of aromatic amines is 1. The molecule has 0 atom stereocenters. The molecule has 2 aromatic heterocycles. The van der Waals surface area contributed by atoms with Crippen LogP contribution in [0.5, 0.6) is 5.75 Å². The Labute approximate surface area is 162 Å². The number of amides is 1. The fourth-order valence-electron chi connectivity index (χ4n) is 3.09. The molecule has 0 aliphatic rings. The summed E-state index contributed by atoms with van der Waals surface area (Å²) in [6.07, 6.45) is 6.21. The Balaban J connectivity index is 1.49. The first-order valence-corrected chi connectivity index (χ1v) is 9.25. The van der Waals surface area contributed by atoms with E-state index in [9.17, 15) is 4.79 Å². The van der Waals surface area contributed by atoms with Crippen LogP contribution >= 0.6 is 0 Å². The van der Waals surface area contributed by atoms with Crippen LogP contribution in [0.1, 0.15) is 18.9 Å². The summed E-state index contributed by atoms with van der Waals surface area (Å²) in [5.41, 5.74) is 3.43. The number of anilines is 1. The zero-order chi connectivity index (χ0) is 19.3. The van der Waals surface area contributed by atoms with Crippen LogP contribution in [0, 0.1) is 0 Å². The summed E-state index contributed by atoms with van der Waals surface area (Å²) < 4.78 is 11.0. The number of fused-ring (bicyclic) bond motifs is 1. The van der Waals surface area contributed by atoms with Gasteiger partial charge in [0.05, 0.1) is 19.2 Å². The van der Waals surface area contributed by atoms with E-state index in [0.29, 0.717) is 18.2 Å². The Hall–Kier alpha value is -3.54. The van der Waals surface area contributed by atoms with Crippen LogP contribution in [0.2, 0.25) is 0 Å². The van der Waals surface area contributed by atoms with Gasteiger partial charge in [-0.25, -0.2) is 4.98 Å². The fourth-order valence-corrected chi connectivity index (χ4v) is 3.09. The van der Waals surface area contributed by atoms with Gasteiger partial charge in [-0.15, -0.1) is 0 Å². The molecule has 0 unspecified atom stereocenters. The molecule has 2 heterocycles. The number of nitrogens with zero attached hydrogens (tertiary/aromatic N) is 1. The van der Waals surface area contributed by atoms with Crippen LogP contribution in [0.15, 0.2) is 65.5 Å². The number of hydrogen-bond donors (Lipinski definition) is 2. The summed E-state index contributed by atoms with van der Waals surface area (Å²) in [4.78, 5) is 19.9. The Morgan fingerprint density at radius 1 is 1.25 bits per heavy atom. The van der Waals surface area contributed by atoms with Gasteiger partial charge in [0.25, 0.3) is 0 Å². The molecule has 0 spiro atoms. The van der Waals surface area contributed by atoms with E-state index in [0.717, 1.165) is 34.2 Å². The maximum Gasteiger partial charge on any atom is 0.228 e. The highest BCUT2D eigenvalue weighted by atomic mass is 16.5. The summed E-state index contributed by atoms with van der Waals surface area (Å²) in [5.74, 6) is 1.24. The molecule has 2 N–H and O–H groups in total. The van der Waals surface area contributed by atoms with Crippen LogP contribution < -0.4 is 10.1 Å². The second-order valence-electron chi connectivity index (χ2n) is 6.51. The SMILES string of the molecule is CCCOc1ccc2[nH]cc(CC(=O)Nc3cccc(-c4ncco4)c3)c2c1. The molecule has 0 radical (unpaired) electrons. The molecular weight excluding hydrogens is 354 g/mol. The Bertz CT molecular complexity index is 1080. The summed E-state index contributed by atoms with van der Waals surface area (Å²) >= 11 is 0. The van der Waals surface area contributed by atoms with Crippen LogP contribution in [0.3, 0.4) is 0 Å². The third-order valence-electron chi connectivity index (χ3n) is 4.39. The molecule has 0 aliphatic carbocycles. The predicted octanol–water partition coefficient (Wildman–Crippen LogP) is 4.79. The topological polar surface area (TPSA) is 80.2 Å². The third-order valence-corrected chi connectivity index (χ3v) is 4.39. The molecule has 4 rings (SSSR count). The smallest absolute Gasteiger partial charge is 0.228 e. The third kappa shape index (κ3) is 3.91. The first-order chi connectivity index (χ1) is 13.7. The van der Waals surface area contributed by atoms with Crippen molar-refractivity contribution in [3.05, 3.63) is 66.7 Å². The van der Waals surface area contributed by atoms with Gasteiger partial charge in [-0.3, -0.25) is 4.79 Å². The molecule has 1 amide bonds. The first kappa shape index (κ1) is 17.9. The number of benzene rings is 2. The van der Waals surface area contributed by atoms with Gasteiger partial charge in [0, 0.05) is 28.4 Å². The molecular formula is C22H21N3O3. The van der Waals surface area contributed by atoms with Crippen molar-refractivity contribution in [3.63, 3.8) is 0 Å². The Morgan fingerprint density at radius 3 is 3.00 bits per heavy atom. The van der Waals surface area contributed by atoms with E-state index >= 15 is 0 Å². The zero-order valence-corrected chi connectivity index (χ0v) is 15.6. The monoisotopic (exact) mass is 375 g/mol. The molecule has 0 saturated heterocycles. The number of aromatic nitrogens is 2. The average Bonchev–Trinajstić information content (AvgIpc) is 3.37. The molecule has 6 nitrogen and oxygen atoms in total. The minimum atomic E-state index is -0.0923. The number of hydrogen-bond acceptors (Lipinski definition) is 4. The normalized spacial score (nSPS) is 10.9. The number of carbonyl (C=O) groups is 1. The second kappa shape index (κ2) is 8.00. The largest absolute Gasteiger partial charge is 0.494 e. The van der Waals surface area contributed by atoms with Crippen molar-refractivity contribution < 1.29 is 13.9 Å². The molecule has 142 valence electrons. The number of nitrogens with one attached hydrogen (secondary N) is 2. The molecule has 4 aromatic rings. The number of ether oxygens (including phenoxy) is 1.